The lowest BCUT2D eigenvalue weighted by molar-refractivity contribution is -0.128. The average molecular weight is 329 g/mol. The molecule has 0 radical (unpaired) electrons. The molecular weight excluding hydrogens is 296 g/mol. The Morgan fingerprint density at radius 3 is 2.50 bits per heavy atom. The van der Waals surface area contributed by atoms with Gasteiger partial charge in [0.2, 0.25) is 5.91 Å². The Bertz CT molecular complexity index is 390. The topological polar surface area (TPSA) is 56.7 Å². The van der Waals surface area contributed by atoms with Crippen LogP contribution in [-0.4, -0.2) is 61.0 Å². The van der Waals surface area contributed by atoms with Gasteiger partial charge in [0.1, 0.15) is 0 Å². The molecule has 1 atom stereocenters. The number of guanidine groups is 1. The summed E-state index contributed by atoms with van der Waals surface area (Å²) in [6.45, 7) is 13.7. The zero-order valence-corrected chi connectivity index (χ0v) is 15.7. The quantitative estimate of drug-likeness (QED) is 0.469. The first-order chi connectivity index (χ1) is 10.3. The Labute approximate surface area is 139 Å². The number of amides is 1. The molecule has 1 saturated heterocycles. The Morgan fingerprint density at radius 1 is 1.32 bits per heavy atom. The molecule has 0 saturated carbocycles. The van der Waals surface area contributed by atoms with Gasteiger partial charge < -0.3 is 15.5 Å². The predicted molar refractivity (Wildman–Crippen MR) is 96.5 cm³/mol. The summed E-state index contributed by atoms with van der Waals surface area (Å²) in [7, 11) is 1.82. The molecular formula is C16H32N4OS. The van der Waals surface area contributed by atoms with Crippen molar-refractivity contribution in [1.82, 2.24) is 15.5 Å². The van der Waals surface area contributed by atoms with Gasteiger partial charge in [0.05, 0.1) is 0 Å². The lowest BCUT2D eigenvalue weighted by atomic mass is 9.96. The minimum absolute atomic E-state index is 0.0820. The van der Waals surface area contributed by atoms with Gasteiger partial charge in [-0.1, -0.05) is 34.6 Å². The van der Waals surface area contributed by atoms with Crippen LogP contribution in [0, 0.1) is 11.3 Å². The number of thioether (sulfide) groups is 1. The van der Waals surface area contributed by atoms with Crippen LogP contribution in [0.2, 0.25) is 0 Å². The van der Waals surface area contributed by atoms with Crippen molar-refractivity contribution in [3.05, 3.63) is 0 Å². The SMILES string of the molecule is CN=C(NCCNC(=O)C(C)(C)C)N1CCSC(C(C)C)C1. The van der Waals surface area contributed by atoms with Crippen LogP contribution in [0.15, 0.2) is 4.99 Å². The number of rotatable bonds is 4. The fourth-order valence-corrected chi connectivity index (χ4v) is 3.52. The normalized spacial score (nSPS) is 20.2. The number of carbonyl (C=O) groups excluding carboxylic acids is 1. The van der Waals surface area contributed by atoms with Gasteiger partial charge >= 0.3 is 0 Å². The molecule has 5 nitrogen and oxygen atoms in total. The molecule has 0 aromatic carbocycles. The average Bonchev–Trinajstić information content (AvgIpc) is 2.46. The summed E-state index contributed by atoms with van der Waals surface area (Å²) in [5.74, 6) is 2.84. The Balaban J connectivity index is 2.38. The standard InChI is InChI=1S/C16H32N4OS/c1-12(2)13-11-20(9-10-22-13)15(17-6)19-8-7-18-14(21)16(3,4)5/h12-13H,7-11H2,1-6H3,(H,17,19)(H,18,21). The fourth-order valence-electron chi connectivity index (χ4n) is 2.22. The molecule has 6 heteroatoms. The van der Waals surface area contributed by atoms with Crippen LogP contribution in [0.5, 0.6) is 0 Å². The number of aliphatic imine (C=N–C) groups is 1. The zero-order chi connectivity index (χ0) is 16.8. The summed E-state index contributed by atoms with van der Waals surface area (Å²) >= 11 is 2.06. The van der Waals surface area contributed by atoms with Crippen molar-refractivity contribution in [3.8, 4) is 0 Å². The molecule has 1 heterocycles. The van der Waals surface area contributed by atoms with Crippen molar-refractivity contribution in [1.29, 1.82) is 0 Å². The molecule has 0 aliphatic carbocycles. The van der Waals surface area contributed by atoms with E-state index in [1.54, 1.807) is 0 Å². The first kappa shape index (κ1) is 19.1. The van der Waals surface area contributed by atoms with E-state index in [-0.39, 0.29) is 11.3 Å². The van der Waals surface area contributed by atoms with Crippen LogP contribution in [0.4, 0.5) is 0 Å². The van der Waals surface area contributed by atoms with Crippen molar-refractivity contribution in [2.45, 2.75) is 39.9 Å². The van der Waals surface area contributed by atoms with Gasteiger partial charge in [0.15, 0.2) is 5.96 Å². The van der Waals surface area contributed by atoms with Gasteiger partial charge in [-0.05, 0) is 5.92 Å². The summed E-state index contributed by atoms with van der Waals surface area (Å²) in [5.41, 5.74) is -0.337. The highest BCUT2D eigenvalue weighted by Crippen LogP contribution is 2.24. The molecule has 1 amide bonds. The maximum atomic E-state index is 11.8. The van der Waals surface area contributed by atoms with E-state index in [9.17, 15) is 4.79 Å². The minimum Gasteiger partial charge on any atom is -0.354 e. The van der Waals surface area contributed by atoms with E-state index in [1.165, 1.54) is 0 Å². The summed E-state index contributed by atoms with van der Waals surface area (Å²) in [4.78, 5) is 18.5. The molecule has 128 valence electrons. The summed E-state index contributed by atoms with van der Waals surface area (Å²) in [6.07, 6.45) is 0. The Hall–Kier alpha value is -0.910. The molecule has 0 spiro atoms. The zero-order valence-electron chi connectivity index (χ0n) is 14.9. The van der Waals surface area contributed by atoms with Gasteiger partial charge in [0.25, 0.3) is 0 Å². The molecule has 1 rings (SSSR count). The van der Waals surface area contributed by atoms with Crippen LogP contribution in [0.1, 0.15) is 34.6 Å². The van der Waals surface area contributed by atoms with Gasteiger partial charge in [-0.3, -0.25) is 9.79 Å². The van der Waals surface area contributed by atoms with E-state index in [0.717, 1.165) is 24.8 Å². The van der Waals surface area contributed by atoms with Gasteiger partial charge in [-0.2, -0.15) is 11.8 Å². The van der Waals surface area contributed by atoms with Gasteiger partial charge in [-0.25, -0.2) is 0 Å². The maximum Gasteiger partial charge on any atom is 0.225 e. The monoisotopic (exact) mass is 328 g/mol. The van der Waals surface area contributed by atoms with Gasteiger partial charge in [-0.15, -0.1) is 0 Å². The lowest BCUT2D eigenvalue weighted by Gasteiger charge is -2.36. The second kappa shape index (κ2) is 8.65. The molecule has 1 fully saturated rings. The fraction of sp³-hybridized carbons (Fsp3) is 0.875. The largest absolute Gasteiger partial charge is 0.354 e. The first-order valence-electron chi connectivity index (χ1n) is 8.11. The number of nitrogens with one attached hydrogen (secondary N) is 2. The van der Waals surface area contributed by atoms with Crippen molar-refractivity contribution in [2.75, 3.05) is 39.0 Å². The Morgan fingerprint density at radius 2 is 1.95 bits per heavy atom. The molecule has 1 aliphatic rings. The Kier molecular flexibility index (Phi) is 7.53. The molecule has 0 aromatic rings. The molecule has 1 unspecified atom stereocenters. The first-order valence-corrected chi connectivity index (χ1v) is 9.16. The number of hydrogen-bond donors (Lipinski definition) is 2. The summed E-state index contributed by atoms with van der Waals surface area (Å²) in [5, 5.41) is 6.97. The second-order valence-corrected chi connectivity index (χ2v) is 8.43. The van der Waals surface area contributed by atoms with Crippen molar-refractivity contribution in [2.24, 2.45) is 16.3 Å². The van der Waals surface area contributed by atoms with Crippen LogP contribution >= 0.6 is 11.8 Å². The summed E-state index contributed by atoms with van der Waals surface area (Å²) in [6, 6.07) is 0. The summed E-state index contributed by atoms with van der Waals surface area (Å²) < 4.78 is 0. The predicted octanol–water partition coefficient (Wildman–Crippen LogP) is 1.80. The third kappa shape index (κ3) is 6.07. The molecule has 22 heavy (non-hydrogen) atoms. The number of nitrogens with zero attached hydrogens (tertiary/aromatic N) is 2. The lowest BCUT2D eigenvalue weighted by Crippen LogP contribution is -2.50. The molecule has 0 bridgehead atoms. The number of hydrogen-bond acceptors (Lipinski definition) is 3. The smallest absolute Gasteiger partial charge is 0.225 e. The second-order valence-electron chi connectivity index (χ2n) is 7.08. The highest BCUT2D eigenvalue weighted by Gasteiger charge is 2.25. The van der Waals surface area contributed by atoms with Crippen LogP contribution in [-0.2, 0) is 4.79 Å². The van der Waals surface area contributed by atoms with Crippen LogP contribution < -0.4 is 10.6 Å². The van der Waals surface area contributed by atoms with Crippen LogP contribution in [0.3, 0.4) is 0 Å². The van der Waals surface area contributed by atoms with E-state index < -0.39 is 0 Å². The molecule has 0 aromatic heterocycles. The maximum absolute atomic E-state index is 11.8. The highest BCUT2D eigenvalue weighted by molar-refractivity contribution is 8.00. The number of carbonyl (C=O) groups is 1. The third-order valence-corrected chi connectivity index (χ3v) is 5.26. The van der Waals surface area contributed by atoms with E-state index in [0.29, 0.717) is 24.3 Å². The van der Waals surface area contributed by atoms with Crippen molar-refractivity contribution < 1.29 is 4.79 Å². The minimum atomic E-state index is -0.337. The third-order valence-electron chi connectivity index (χ3n) is 3.72. The van der Waals surface area contributed by atoms with Crippen molar-refractivity contribution in [3.63, 3.8) is 0 Å². The van der Waals surface area contributed by atoms with E-state index in [4.69, 9.17) is 0 Å². The van der Waals surface area contributed by atoms with E-state index >= 15 is 0 Å². The highest BCUT2D eigenvalue weighted by atomic mass is 32.2. The van der Waals surface area contributed by atoms with Crippen molar-refractivity contribution >= 4 is 23.6 Å². The van der Waals surface area contributed by atoms with Gasteiger partial charge in [0, 0.05) is 49.6 Å². The van der Waals surface area contributed by atoms with E-state index in [2.05, 4.69) is 46.1 Å². The van der Waals surface area contributed by atoms with Crippen LogP contribution in [0.25, 0.3) is 0 Å². The molecule has 2 N–H and O–H groups in total. The van der Waals surface area contributed by atoms with E-state index in [1.807, 2.05) is 27.8 Å². The molecule has 1 aliphatic heterocycles.